The standard InChI is InChI=1S/C16H24N4O/c1-12(21)20-10-4-5-13(11-20)15-16(18-9-8-17-15)19-14-6-2-3-7-14/h8-9,13-14H,2-7,10-11H2,1H3,(H,18,19). The number of nitrogens with one attached hydrogen (secondary N) is 1. The molecular weight excluding hydrogens is 264 g/mol. The van der Waals surface area contributed by atoms with Gasteiger partial charge in [-0.25, -0.2) is 4.98 Å². The molecule has 0 radical (unpaired) electrons. The molecule has 114 valence electrons. The Balaban J connectivity index is 1.75. The molecule has 5 heteroatoms. The van der Waals surface area contributed by atoms with Crippen LogP contribution >= 0.6 is 0 Å². The summed E-state index contributed by atoms with van der Waals surface area (Å²) >= 11 is 0. The zero-order chi connectivity index (χ0) is 14.7. The first-order chi connectivity index (χ1) is 10.2. The number of aromatic nitrogens is 2. The van der Waals surface area contributed by atoms with Crippen LogP contribution in [0.1, 0.15) is 57.1 Å². The number of carbonyl (C=O) groups is 1. The maximum atomic E-state index is 11.6. The van der Waals surface area contributed by atoms with Crippen molar-refractivity contribution in [2.45, 2.75) is 57.4 Å². The minimum absolute atomic E-state index is 0.161. The molecule has 0 spiro atoms. The van der Waals surface area contributed by atoms with E-state index in [1.807, 2.05) is 4.90 Å². The second-order valence-corrected chi connectivity index (χ2v) is 6.22. The van der Waals surface area contributed by atoms with Crippen LogP contribution in [0.4, 0.5) is 5.82 Å². The fourth-order valence-corrected chi connectivity index (χ4v) is 3.51. The summed E-state index contributed by atoms with van der Waals surface area (Å²) in [5.41, 5.74) is 1.04. The molecule has 21 heavy (non-hydrogen) atoms. The van der Waals surface area contributed by atoms with Crippen molar-refractivity contribution >= 4 is 11.7 Å². The van der Waals surface area contributed by atoms with E-state index in [9.17, 15) is 4.79 Å². The average molecular weight is 288 g/mol. The molecule has 1 aromatic rings. The first kappa shape index (κ1) is 14.3. The Bertz CT molecular complexity index is 499. The number of hydrogen-bond acceptors (Lipinski definition) is 4. The number of carbonyl (C=O) groups excluding carboxylic acids is 1. The Hall–Kier alpha value is -1.65. The van der Waals surface area contributed by atoms with Gasteiger partial charge in [0.2, 0.25) is 5.91 Å². The fraction of sp³-hybridized carbons (Fsp3) is 0.688. The van der Waals surface area contributed by atoms with Crippen molar-refractivity contribution in [2.24, 2.45) is 0 Å². The highest BCUT2D eigenvalue weighted by Gasteiger charge is 2.27. The van der Waals surface area contributed by atoms with Gasteiger partial charge in [-0.1, -0.05) is 12.8 Å². The van der Waals surface area contributed by atoms with Crippen LogP contribution in [0.5, 0.6) is 0 Å². The predicted octanol–water partition coefficient (Wildman–Crippen LogP) is 2.56. The topological polar surface area (TPSA) is 58.1 Å². The average Bonchev–Trinajstić information content (AvgIpc) is 3.01. The van der Waals surface area contributed by atoms with E-state index in [0.717, 1.165) is 37.4 Å². The Labute approximate surface area is 126 Å². The summed E-state index contributed by atoms with van der Waals surface area (Å²) in [6.07, 6.45) is 10.7. The lowest BCUT2D eigenvalue weighted by Gasteiger charge is -2.32. The van der Waals surface area contributed by atoms with Crippen molar-refractivity contribution in [2.75, 3.05) is 18.4 Å². The number of rotatable bonds is 3. The van der Waals surface area contributed by atoms with E-state index < -0.39 is 0 Å². The molecule has 1 aromatic heterocycles. The Morgan fingerprint density at radius 2 is 1.95 bits per heavy atom. The third-order valence-electron chi connectivity index (χ3n) is 4.68. The van der Waals surface area contributed by atoms with Crippen LogP contribution < -0.4 is 5.32 Å². The number of nitrogens with zero attached hydrogens (tertiary/aromatic N) is 3. The van der Waals surface area contributed by atoms with E-state index in [-0.39, 0.29) is 5.91 Å². The number of likely N-dealkylation sites (tertiary alicyclic amines) is 1. The molecule has 2 heterocycles. The maximum absolute atomic E-state index is 11.6. The van der Waals surface area contributed by atoms with Crippen molar-refractivity contribution < 1.29 is 4.79 Å². The normalized spacial score (nSPS) is 23.3. The number of anilines is 1. The van der Waals surface area contributed by atoms with Crippen LogP contribution in [0.3, 0.4) is 0 Å². The van der Waals surface area contributed by atoms with Gasteiger partial charge in [-0.3, -0.25) is 9.78 Å². The van der Waals surface area contributed by atoms with Crippen molar-refractivity contribution in [3.8, 4) is 0 Å². The number of hydrogen-bond donors (Lipinski definition) is 1. The summed E-state index contributed by atoms with van der Waals surface area (Å²) in [6, 6.07) is 0.535. The Morgan fingerprint density at radius 3 is 2.71 bits per heavy atom. The minimum atomic E-state index is 0.161. The second-order valence-electron chi connectivity index (χ2n) is 6.22. The van der Waals surface area contributed by atoms with Gasteiger partial charge in [0.25, 0.3) is 0 Å². The lowest BCUT2D eigenvalue weighted by molar-refractivity contribution is -0.130. The quantitative estimate of drug-likeness (QED) is 0.928. The molecular formula is C16H24N4O. The maximum Gasteiger partial charge on any atom is 0.219 e. The molecule has 1 aliphatic heterocycles. The molecule has 1 saturated heterocycles. The van der Waals surface area contributed by atoms with Crippen LogP contribution in [0.2, 0.25) is 0 Å². The van der Waals surface area contributed by atoms with Crippen LogP contribution in [0.25, 0.3) is 0 Å². The zero-order valence-electron chi connectivity index (χ0n) is 12.7. The van der Waals surface area contributed by atoms with Crippen molar-refractivity contribution in [1.82, 2.24) is 14.9 Å². The van der Waals surface area contributed by atoms with Crippen molar-refractivity contribution in [1.29, 1.82) is 0 Å². The summed E-state index contributed by atoms with van der Waals surface area (Å²) in [4.78, 5) is 22.6. The van der Waals surface area contributed by atoms with E-state index in [1.54, 1.807) is 19.3 Å². The van der Waals surface area contributed by atoms with Gasteiger partial charge in [0.05, 0.1) is 5.69 Å². The monoisotopic (exact) mass is 288 g/mol. The van der Waals surface area contributed by atoms with Gasteiger partial charge in [-0.05, 0) is 25.7 Å². The lowest BCUT2D eigenvalue weighted by Crippen LogP contribution is -2.38. The number of piperidine rings is 1. The molecule has 1 saturated carbocycles. The Kier molecular flexibility index (Phi) is 4.36. The first-order valence-corrected chi connectivity index (χ1v) is 8.07. The second kappa shape index (κ2) is 6.41. The van der Waals surface area contributed by atoms with Gasteiger partial charge in [-0.15, -0.1) is 0 Å². The molecule has 1 N–H and O–H groups in total. The zero-order valence-corrected chi connectivity index (χ0v) is 12.7. The van der Waals surface area contributed by atoms with Crippen LogP contribution in [0.15, 0.2) is 12.4 Å². The van der Waals surface area contributed by atoms with E-state index in [0.29, 0.717) is 12.0 Å². The van der Waals surface area contributed by atoms with Crippen molar-refractivity contribution in [3.63, 3.8) is 0 Å². The molecule has 2 fully saturated rings. The third kappa shape index (κ3) is 3.34. The molecule has 0 aromatic carbocycles. The molecule has 3 rings (SSSR count). The summed E-state index contributed by atoms with van der Waals surface area (Å²) in [5, 5.41) is 3.57. The van der Waals surface area contributed by atoms with E-state index >= 15 is 0 Å². The van der Waals surface area contributed by atoms with Gasteiger partial charge >= 0.3 is 0 Å². The van der Waals surface area contributed by atoms with E-state index in [4.69, 9.17) is 0 Å². The first-order valence-electron chi connectivity index (χ1n) is 8.07. The summed E-state index contributed by atoms with van der Waals surface area (Å²) in [5.74, 6) is 1.40. The van der Waals surface area contributed by atoms with Gasteiger partial charge < -0.3 is 10.2 Å². The number of amides is 1. The summed E-state index contributed by atoms with van der Waals surface area (Å²) in [6.45, 7) is 3.29. The fourth-order valence-electron chi connectivity index (χ4n) is 3.51. The summed E-state index contributed by atoms with van der Waals surface area (Å²) in [7, 11) is 0. The predicted molar refractivity (Wildman–Crippen MR) is 82.1 cm³/mol. The third-order valence-corrected chi connectivity index (χ3v) is 4.68. The minimum Gasteiger partial charge on any atom is -0.366 e. The molecule has 1 unspecified atom stereocenters. The van der Waals surface area contributed by atoms with E-state index in [2.05, 4.69) is 15.3 Å². The highest BCUT2D eigenvalue weighted by molar-refractivity contribution is 5.73. The molecule has 2 aliphatic rings. The Morgan fingerprint density at radius 1 is 1.19 bits per heavy atom. The van der Waals surface area contributed by atoms with Gasteiger partial charge in [0.1, 0.15) is 5.82 Å². The molecule has 0 bridgehead atoms. The highest BCUT2D eigenvalue weighted by Crippen LogP contribution is 2.31. The molecule has 1 aliphatic carbocycles. The van der Waals surface area contributed by atoms with Crippen LogP contribution in [0, 0.1) is 0 Å². The molecule has 1 atom stereocenters. The van der Waals surface area contributed by atoms with E-state index in [1.165, 1.54) is 25.7 Å². The smallest absolute Gasteiger partial charge is 0.219 e. The highest BCUT2D eigenvalue weighted by atomic mass is 16.2. The van der Waals surface area contributed by atoms with Gasteiger partial charge in [0, 0.05) is 44.4 Å². The molecule has 5 nitrogen and oxygen atoms in total. The SMILES string of the molecule is CC(=O)N1CCCC(c2nccnc2NC2CCCC2)C1. The van der Waals surface area contributed by atoms with Gasteiger partial charge in [-0.2, -0.15) is 0 Å². The molecule has 1 amide bonds. The largest absolute Gasteiger partial charge is 0.366 e. The van der Waals surface area contributed by atoms with Crippen LogP contribution in [-0.2, 0) is 4.79 Å². The lowest BCUT2D eigenvalue weighted by atomic mass is 9.94. The van der Waals surface area contributed by atoms with Gasteiger partial charge in [0.15, 0.2) is 0 Å². The van der Waals surface area contributed by atoms with Crippen molar-refractivity contribution in [3.05, 3.63) is 18.1 Å². The van der Waals surface area contributed by atoms with Crippen LogP contribution in [-0.4, -0.2) is 39.9 Å². The summed E-state index contributed by atoms with van der Waals surface area (Å²) < 4.78 is 0.